The second-order valence-electron chi connectivity index (χ2n) is 4.13. The Hall–Kier alpha value is -0.130. The molecule has 1 aliphatic rings. The van der Waals surface area contributed by atoms with Gasteiger partial charge < -0.3 is 5.32 Å². The minimum absolute atomic E-state index is 0.0790. The molecule has 0 radical (unpaired) electrons. The van der Waals surface area contributed by atoms with Gasteiger partial charge in [0.15, 0.2) is 0 Å². The standard InChI is InChI=1S/C9H20N2O2S/c1-3-4-14(12,13)11-9-5-8(2)6-10-7-9/h8-11H,3-7H2,1-2H3. The van der Waals surface area contributed by atoms with E-state index in [1.165, 1.54) is 0 Å². The SMILES string of the molecule is CCCS(=O)(=O)NC1CNCC(C)C1. The number of piperidine rings is 1. The van der Waals surface area contributed by atoms with Crippen LogP contribution in [0, 0.1) is 5.92 Å². The van der Waals surface area contributed by atoms with Crippen molar-refractivity contribution in [3.05, 3.63) is 0 Å². The predicted octanol–water partition coefficient (Wildman–Crippen LogP) is 0.314. The summed E-state index contributed by atoms with van der Waals surface area (Å²) in [4.78, 5) is 0. The molecule has 0 saturated carbocycles. The third kappa shape index (κ3) is 3.94. The van der Waals surface area contributed by atoms with E-state index in [4.69, 9.17) is 0 Å². The Kier molecular flexibility index (Phi) is 4.34. The van der Waals surface area contributed by atoms with Gasteiger partial charge in [-0.3, -0.25) is 0 Å². The molecule has 5 heteroatoms. The van der Waals surface area contributed by atoms with Crippen molar-refractivity contribution in [3.63, 3.8) is 0 Å². The van der Waals surface area contributed by atoms with E-state index in [1.807, 2.05) is 6.92 Å². The fraction of sp³-hybridized carbons (Fsp3) is 1.00. The molecule has 14 heavy (non-hydrogen) atoms. The fourth-order valence-corrected chi connectivity index (χ4v) is 3.17. The lowest BCUT2D eigenvalue weighted by Crippen LogP contribution is -2.48. The molecule has 0 aromatic heterocycles. The van der Waals surface area contributed by atoms with E-state index in [0.29, 0.717) is 12.3 Å². The minimum atomic E-state index is -3.04. The van der Waals surface area contributed by atoms with Crippen molar-refractivity contribution in [2.45, 2.75) is 32.7 Å². The summed E-state index contributed by atoms with van der Waals surface area (Å²) in [6.45, 7) is 5.76. The zero-order valence-corrected chi connectivity index (χ0v) is 9.73. The highest BCUT2D eigenvalue weighted by Gasteiger charge is 2.22. The second-order valence-corrected chi connectivity index (χ2v) is 6.01. The smallest absolute Gasteiger partial charge is 0.211 e. The molecule has 4 nitrogen and oxygen atoms in total. The van der Waals surface area contributed by atoms with Gasteiger partial charge in [-0.05, 0) is 25.3 Å². The molecule has 1 heterocycles. The van der Waals surface area contributed by atoms with E-state index < -0.39 is 10.0 Å². The lowest BCUT2D eigenvalue weighted by atomic mass is 9.99. The number of hydrogen-bond donors (Lipinski definition) is 2. The summed E-state index contributed by atoms with van der Waals surface area (Å²) >= 11 is 0. The average molecular weight is 220 g/mol. The summed E-state index contributed by atoms with van der Waals surface area (Å²) in [6, 6.07) is 0.0790. The summed E-state index contributed by atoms with van der Waals surface area (Å²) in [5.74, 6) is 0.788. The summed E-state index contributed by atoms with van der Waals surface area (Å²) in [6.07, 6.45) is 1.61. The highest BCUT2D eigenvalue weighted by Crippen LogP contribution is 2.10. The van der Waals surface area contributed by atoms with Crippen molar-refractivity contribution in [3.8, 4) is 0 Å². The van der Waals surface area contributed by atoms with Gasteiger partial charge >= 0.3 is 0 Å². The van der Waals surface area contributed by atoms with Crippen LogP contribution in [0.4, 0.5) is 0 Å². The molecular weight excluding hydrogens is 200 g/mol. The Morgan fingerprint density at radius 2 is 2.14 bits per heavy atom. The van der Waals surface area contributed by atoms with Gasteiger partial charge in [-0.15, -0.1) is 0 Å². The first-order valence-corrected chi connectivity index (χ1v) is 6.89. The summed E-state index contributed by atoms with van der Waals surface area (Å²) in [7, 11) is -3.04. The van der Waals surface area contributed by atoms with E-state index in [1.54, 1.807) is 0 Å². The van der Waals surface area contributed by atoms with Gasteiger partial charge in [0.2, 0.25) is 10.0 Å². The van der Waals surface area contributed by atoms with Crippen LogP contribution in [-0.4, -0.2) is 33.3 Å². The van der Waals surface area contributed by atoms with Crippen LogP contribution < -0.4 is 10.0 Å². The number of hydrogen-bond acceptors (Lipinski definition) is 3. The first kappa shape index (κ1) is 11.9. The van der Waals surface area contributed by atoms with Crippen molar-refractivity contribution in [1.82, 2.24) is 10.0 Å². The van der Waals surface area contributed by atoms with Crippen molar-refractivity contribution in [2.24, 2.45) is 5.92 Å². The highest BCUT2D eigenvalue weighted by molar-refractivity contribution is 7.89. The largest absolute Gasteiger partial charge is 0.315 e. The number of sulfonamides is 1. The van der Waals surface area contributed by atoms with Crippen molar-refractivity contribution >= 4 is 10.0 Å². The lowest BCUT2D eigenvalue weighted by Gasteiger charge is -2.28. The van der Waals surface area contributed by atoms with Crippen molar-refractivity contribution < 1.29 is 8.42 Å². The second kappa shape index (κ2) is 5.09. The van der Waals surface area contributed by atoms with E-state index in [0.717, 1.165) is 19.5 Å². The molecule has 0 spiro atoms. The summed E-state index contributed by atoms with van der Waals surface area (Å²) in [5.41, 5.74) is 0. The van der Waals surface area contributed by atoms with Crippen LogP contribution in [0.5, 0.6) is 0 Å². The zero-order chi connectivity index (χ0) is 10.6. The molecule has 0 amide bonds. The summed E-state index contributed by atoms with van der Waals surface area (Å²) < 4.78 is 25.7. The molecular formula is C9H20N2O2S. The molecule has 2 unspecified atom stereocenters. The molecule has 1 saturated heterocycles. The van der Waals surface area contributed by atoms with Gasteiger partial charge in [-0.2, -0.15) is 0 Å². The molecule has 1 fully saturated rings. The molecule has 0 aliphatic carbocycles. The van der Waals surface area contributed by atoms with Gasteiger partial charge in [0.25, 0.3) is 0 Å². The normalized spacial score (nSPS) is 29.0. The van der Waals surface area contributed by atoms with E-state index in [9.17, 15) is 8.42 Å². The maximum atomic E-state index is 11.5. The third-order valence-electron chi connectivity index (χ3n) is 2.39. The van der Waals surface area contributed by atoms with Crippen LogP contribution in [0.2, 0.25) is 0 Å². The number of nitrogens with one attached hydrogen (secondary N) is 2. The molecule has 1 rings (SSSR count). The molecule has 2 N–H and O–H groups in total. The van der Waals surface area contributed by atoms with Crippen LogP contribution in [0.15, 0.2) is 0 Å². The van der Waals surface area contributed by atoms with Crippen LogP contribution in [-0.2, 0) is 10.0 Å². The predicted molar refractivity (Wildman–Crippen MR) is 57.7 cm³/mol. The van der Waals surface area contributed by atoms with Crippen LogP contribution in [0.25, 0.3) is 0 Å². The van der Waals surface area contributed by atoms with Gasteiger partial charge in [-0.1, -0.05) is 13.8 Å². The van der Waals surface area contributed by atoms with E-state index in [-0.39, 0.29) is 11.8 Å². The van der Waals surface area contributed by atoms with Gasteiger partial charge in [-0.25, -0.2) is 13.1 Å². The van der Waals surface area contributed by atoms with Gasteiger partial charge in [0.1, 0.15) is 0 Å². The Balaban J connectivity index is 2.43. The Bertz CT molecular complexity index is 264. The molecule has 0 aromatic rings. The quantitative estimate of drug-likeness (QED) is 0.717. The Morgan fingerprint density at radius 3 is 2.71 bits per heavy atom. The molecule has 2 atom stereocenters. The topological polar surface area (TPSA) is 58.2 Å². The van der Waals surface area contributed by atoms with E-state index in [2.05, 4.69) is 17.0 Å². The molecule has 1 aliphatic heterocycles. The minimum Gasteiger partial charge on any atom is -0.315 e. The Labute approximate surface area is 86.5 Å². The lowest BCUT2D eigenvalue weighted by molar-refractivity contribution is 0.346. The first-order valence-electron chi connectivity index (χ1n) is 5.24. The number of rotatable bonds is 4. The first-order chi connectivity index (χ1) is 6.53. The van der Waals surface area contributed by atoms with Crippen LogP contribution in [0.1, 0.15) is 26.7 Å². The Morgan fingerprint density at radius 1 is 1.43 bits per heavy atom. The van der Waals surface area contributed by atoms with Crippen LogP contribution in [0.3, 0.4) is 0 Å². The highest BCUT2D eigenvalue weighted by atomic mass is 32.2. The average Bonchev–Trinajstić information content (AvgIpc) is 2.02. The van der Waals surface area contributed by atoms with Crippen LogP contribution >= 0.6 is 0 Å². The maximum Gasteiger partial charge on any atom is 0.211 e. The van der Waals surface area contributed by atoms with Crippen molar-refractivity contribution in [1.29, 1.82) is 0 Å². The third-order valence-corrected chi connectivity index (χ3v) is 4.03. The fourth-order valence-electron chi connectivity index (χ4n) is 1.83. The molecule has 84 valence electrons. The maximum absolute atomic E-state index is 11.5. The summed E-state index contributed by atoms with van der Waals surface area (Å²) in [5, 5.41) is 3.22. The molecule has 0 bridgehead atoms. The monoisotopic (exact) mass is 220 g/mol. The van der Waals surface area contributed by atoms with Crippen molar-refractivity contribution in [2.75, 3.05) is 18.8 Å². The van der Waals surface area contributed by atoms with Gasteiger partial charge in [0.05, 0.1) is 5.75 Å². The van der Waals surface area contributed by atoms with E-state index >= 15 is 0 Å². The van der Waals surface area contributed by atoms with Gasteiger partial charge in [0, 0.05) is 12.6 Å². The zero-order valence-electron chi connectivity index (χ0n) is 8.91. The molecule has 0 aromatic carbocycles.